The van der Waals surface area contributed by atoms with E-state index >= 15 is 0 Å². The Kier molecular flexibility index (Phi) is 8.30. The normalized spacial score (nSPS) is 20.2. The molecule has 1 rings (SSSR count). The summed E-state index contributed by atoms with van der Waals surface area (Å²) < 4.78 is 9.30. The molecule has 1 aliphatic rings. The molecule has 1 aliphatic heterocycles. The third-order valence-corrected chi connectivity index (χ3v) is 3.99. The average Bonchev–Trinajstić information content (AvgIpc) is 2.48. The smallest absolute Gasteiger partial charge is 0.305 e. The molecule has 0 amide bonds. The van der Waals surface area contributed by atoms with Crippen molar-refractivity contribution in [1.82, 2.24) is 9.80 Å². The summed E-state index contributed by atoms with van der Waals surface area (Å²) in [6.45, 7) is 7.13. The minimum atomic E-state index is -0.135. The van der Waals surface area contributed by atoms with Crippen molar-refractivity contribution in [3.8, 4) is 0 Å². The molecule has 6 heteroatoms. The monoisotopic (exact) mass is 300 g/mol. The van der Waals surface area contributed by atoms with Crippen LogP contribution >= 0.6 is 0 Å². The number of nitrogens with zero attached hydrogens (tertiary/aromatic N) is 2. The van der Waals surface area contributed by atoms with Gasteiger partial charge < -0.3 is 14.4 Å². The lowest BCUT2D eigenvalue weighted by atomic mass is 10.1. The molecule has 21 heavy (non-hydrogen) atoms. The van der Waals surface area contributed by atoms with Crippen LogP contribution in [0, 0.1) is 0 Å². The van der Waals surface area contributed by atoms with Gasteiger partial charge in [0.2, 0.25) is 0 Å². The molecular weight excluding hydrogens is 272 g/mol. The SMILES string of the molecule is COC(=O)CCCN1CCN(CCCC(=O)OC)C(C)C1. The number of esters is 2. The second-order valence-corrected chi connectivity index (χ2v) is 5.54. The fourth-order valence-corrected chi connectivity index (χ4v) is 2.68. The van der Waals surface area contributed by atoms with Crippen molar-refractivity contribution >= 4 is 11.9 Å². The third kappa shape index (κ3) is 6.91. The Hall–Kier alpha value is -1.14. The molecule has 1 heterocycles. The topological polar surface area (TPSA) is 59.1 Å². The Labute approximate surface area is 127 Å². The maximum absolute atomic E-state index is 11.1. The maximum Gasteiger partial charge on any atom is 0.305 e. The second kappa shape index (κ2) is 9.73. The van der Waals surface area contributed by atoms with Crippen LogP contribution in [-0.2, 0) is 19.1 Å². The number of ether oxygens (including phenoxy) is 2. The largest absolute Gasteiger partial charge is 0.469 e. The minimum Gasteiger partial charge on any atom is -0.469 e. The van der Waals surface area contributed by atoms with Gasteiger partial charge in [-0.1, -0.05) is 0 Å². The Balaban J connectivity index is 2.18. The highest BCUT2D eigenvalue weighted by atomic mass is 16.5. The van der Waals surface area contributed by atoms with Gasteiger partial charge in [0.15, 0.2) is 0 Å². The van der Waals surface area contributed by atoms with Crippen molar-refractivity contribution in [2.45, 2.75) is 38.6 Å². The molecule has 0 saturated carbocycles. The highest BCUT2D eigenvalue weighted by molar-refractivity contribution is 5.69. The van der Waals surface area contributed by atoms with Crippen molar-refractivity contribution < 1.29 is 19.1 Å². The number of carbonyl (C=O) groups is 2. The Morgan fingerprint density at radius 1 is 1.00 bits per heavy atom. The maximum atomic E-state index is 11.1. The number of methoxy groups -OCH3 is 2. The zero-order chi connectivity index (χ0) is 15.7. The van der Waals surface area contributed by atoms with Crippen LogP contribution < -0.4 is 0 Å². The first-order valence-electron chi connectivity index (χ1n) is 7.67. The summed E-state index contributed by atoms with van der Waals surface area (Å²) in [6.07, 6.45) is 2.67. The summed E-state index contributed by atoms with van der Waals surface area (Å²) >= 11 is 0. The first-order chi connectivity index (χ1) is 10.1. The Morgan fingerprint density at radius 2 is 1.57 bits per heavy atom. The Morgan fingerprint density at radius 3 is 2.10 bits per heavy atom. The molecule has 0 bridgehead atoms. The first-order valence-corrected chi connectivity index (χ1v) is 7.67. The van der Waals surface area contributed by atoms with Crippen molar-refractivity contribution in [2.24, 2.45) is 0 Å². The molecule has 6 nitrogen and oxygen atoms in total. The molecule has 0 aromatic rings. The van der Waals surface area contributed by atoms with E-state index in [2.05, 4.69) is 26.2 Å². The molecule has 0 N–H and O–H groups in total. The van der Waals surface area contributed by atoms with Crippen LogP contribution in [0.2, 0.25) is 0 Å². The zero-order valence-corrected chi connectivity index (χ0v) is 13.5. The summed E-state index contributed by atoms with van der Waals surface area (Å²) in [5.41, 5.74) is 0. The fraction of sp³-hybridized carbons (Fsp3) is 0.867. The van der Waals surface area contributed by atoms with Gasteiger partial charge in [-0.15, -0.1) is 0 Å². The number of piperazine rings is 1. The lowest BCUT2D eigenvalue weighted by Gasteiger charge is -2.39. The minimum absolute atomic E-state index is 0.135. The van der Waals surface area contributed by atoms with Crippen molar-refractivity contribution in [1.29, 1.82) is 0 Å². The van der Waals surface area contributed by atoms with E-state index < -0.39 is 0 Å². The molecular formula is C15H28N2O4. The number of rotatable bonds is 8. The zero-order valence-electron chi connectivity index (χ0n) is 13.5. The summed E-state index contributed by atoms with van der Waals surface area (Å²) in [5.74, 6) is -0.270. The van der Waals surface area contributed by atoms with Gasteiger partial charge in [-0.2, -0.15) is 0 Å². The summed E-state index contributed by atoms with van der Waals surface area (Å²) in [7, 11) is 2.86. The second-order valence-electron chi connectivity index (χ2n) is 5.54. The van der Waals surface area contributed by atoms with Crippen molar-refractivity contribution in [3.63, 3.8) is 0 Å². The van der Waals surface area contributed by atoms with Crippen LogP contribution in [0.5, 0.6) is 0 Å². The van der Waals surface area contributed by atoms with Gasteiger partial charge in [0.25, 0.3) is 0 Å². The van der Waals surface area contributed by atoms with Crippen LogP contribution in [-0.4, -0.2) is 74.7 Å². The van der Waals surface area contributed by atoms with E-state index in [1.807, 2.05) is 0 Å². The van der Waals surface area contributed by atoms with E-state index in [1.54, 1.807) is 0 Å². The van der Waals surface area contributed by atoms with Gasteiger partial charge in [-0.3, -0.25) is 14.5 Å². The lowest BCUT2D eigenvalue weighted by Crippen LogP contribution is -2.52. The standard InChI is InChI=1S/C15H28N2O4/c1-13-12-16(8-4-6-14(18)20-2)10-11-17(13)9-5-7-15(19)21-3/h13H,4-12H2,1-3H3. The Bertz CT molecular complexity index is 336. The van der Waals surface area contributed by atoms with Crippen LogP contribution in [0.1, 0.15) is 32.6 Å². The summed E-state index contributed by atoms with van der Waals surface area (Å²) in [4.78, 5) is 27.0. The highest BCUT2D eigenvalue weighted by Gasteiger charge is 2.23. The quantitative estimate of drug-likeness (QED) is 0.621. The van der Waals surface area contributed by atoms with Crippen LogP contribution in [0.4, 0.5) is 0 Å². The van der Waals surface area contributed by atoms with Crippen LogP contribution in [0.25, 0.3) is 0 Å². The van der Waals surface area contributed by atoms with E-state index in [4.69, 9.17) is 0 Å². The van der Waals surface area contributed by atoms with Crippen molar-refractivity contribution in [2.75, 3.05) is 46.9 Å². The number of hydrogen-bond acceptors (Lipinski definition) is 6. The molecule has 0 radical (unpaired) electrons. The first kappa shape index (κ1) is 17.9. The predicted molar refractivity (Wildman–Crippen MR) is 80.0 cm³/mol. The van der Waals surface area contributed by atoms with E-state index in [9.17, 15) is 9.59 Å². The van der Waals surface area contributed by atoms with E-state index in [-0.39, 0.29) is 11.9 Å². The predicted octanol–water partition coefficient (Wildman–Crippen LogP) is 0.899. The molecule has 0 aromatic carbocycles. The third-order valence-electron chi connectivity index (χ3n) is 3.99. The molecule has 0 aromatic heterocycles. The molecule has 0 spiro atoms. The van der Waals surface area contributed by atoms with Gasteiger partial charge >= 0.3 is 11.9 Å². The van der Waals surface area contributed by atoms with Gasteiger partial charge in [-0.25, -0.2) is 0 Å². The summed E-state index contributed by atoms with van der Waals surface area (Å²) in [6, 6.07) is 0.481. The lowest BCUT2D eigenvalue weighted by molar-refractivity contribution is -0.141. The average molecular weight is 300 g/mol. The molecule has 1 fully saturated rings. The van der Waals surface area contributed by atoms with Gasteiger partial charge in [0, 0.05) is 38.5 Å². The fourth-order valence-electron chi connectivity index (χ4n) is 2.68. The molecule has 122 valence electrons. The number of carbonyl (C=O) groups excluding carboxylic acids is 2. The molecule has 1 atom stereocenters. The number of hydrogen-bond donors (Lipinski definition) is 0. The summed E-state index contributed by atoms with van der Waals surface area (Å²) in [5, 5.41) is 0. The molecule has 1 unspecified atom stereocenters. The van der Waals surface area contributed by atoms with E-state index in [0.717, 1.165) is 45.6 Å². The van der Waals surface area contributed by atoms with Crippen molar-refractivity contribution in [3.05, 3.63) is 0 Å². The van der Waals surface area contributed by atoms with Crippen LogP contribution in [0.3, 0.4) is 0 Å². The molecule has 1 saturated heterocycles. The highest BCUT2D eigenvalue weighted by Crippen LogP contribution is 2.11. The van der Waals surface area contributed by atoms with Gasteiger partial charge in [-0.05, 0) is 32.9 Å². The molecule has 0 aliphatic carbocycles. The van der Waals surface area contributed by atoms with E-state index in [0.29, 0.717) is 18.9 Å². The van der Waals surface area contributed by atoms with Crippen LogP contribution in [0.15, 0.2) is 0 Å². The van der Waals surface area contributed by atoms with E-state index in [1.165, 1.54) is 14.2 Å². The van der Waals surface area contributed by atoms with Gasteiger partial charge in [0.05, 0.1) is 14.2 Å². The van der Waals surface area contributed by atoms with Gasteiger partial charge in [0.1, 0.15) is 0 Å².